The number of carboxylic acid groups (broad SMARTS) is 1. The molecule has 0 aromatic carbocycles. The average Bonchev–Trinajstić information content (AvgIpc) is 2.88. The standard InChI is InChI=1S/C20H36N2O5/c1-14-12-15(23)13-22(14)19(27)18(20(2,3)4)21-16(24)10-8-6-5-7-9-11-17(25)26/h14-15,18,23H,5-13H2,1-4H3,(H,21,24)(H,25,26)/t14-,15-,18-/m1/s1. The molecular weight excluding hydrogens is 348 g/mol. The second-order valence-electron chi connectivity index (χ2n) is 8.76. The molecule has 1 aliphatic heterocycles. The molecule has 0 aromatic rings. The third-order valence-corrected chi connectivity index (χ3v) is 5.05. The van der Waals surface area contributed by atoms with E-state index in [-0.39, 0.29) is 24.3 Å². The molecule has 3 atom stereocenters. The van der Waals surface area contributed by atoms with Crippen LogP contribution >= 0.6 is 0 Å². The number of β-amino-alcohol motifs (C(OH)–C–C–N with tert-alkyl or cyclic N) is 1. The van der Waals surface area contributed by atoms with Gasteiger partial charge in [-0.2, -0.15) is 0 Å². The van der Waals surface area contributed by atoms with Gasteiger partial charge in [-0.3, -0.25) is 14.4 Å². The summed E-state index contributed by atoms with van der Waals surface area (Å²) in [5.74, 6) is -1.04. The molecule has 156 valence electrons. The van der Waals surface area contributed by atoms with Crippen molar-refractivity contribution >= 4 is 17.8 Å². The summed E-state index contributed by atoms with van der Waals surface area (Å²) in [5.41, 5.74) is -0.420. The lowest BCUT2D eigenvalue weighted by Crippen LogP contribution is -2.55. The normalized spacial score (nSPS) is 21.1. The molecule has 1 aliphatic rings. The molecule has 7 heteroatoms. The Morgan fingerprint density at radius 2 is 1.63 bits per heavy atom. The second kappa shape index (κ2) is 10.6. The van der Waals surface area contributed by atoms with Crippen LogP contribution in [-0.2, 0) is 14.4 Å². The fourth-order valence-electron chi connectivity index (χ4n) is 3.45. The molecule has 1 saturated heterocycles. The van der Waals surface area contributed by atoms with E-state index in [0.717, 1.165) is 25.7 Å². The van der Waals surface area contributed by atoms with Crippen molar-refractivity contribution in [2.45, 2.75) is 97.2 Å². The van der Waals surface area contributed by atoms with Crippen LogP contribution in [0.4, 0.5) is 0 Å². The monoisotopic (exact) mass is 384 g/mol. The van der Waals surface area contributed by atoms with Crippen LogP contribution < -0.4 is 5.32 Å². The fourth-order valence-corrected chi connectivity index (χ4v) is 3.45. The van der Waals surface area contributed by atoms with Gasteiger partial charge in [-0.1, -0.05) is 40.0 Å². The van der Waals surface area contributed by atoms with Gasteiger partial charge in [-0.25, -0.2) is 0 Å². The van der Waals surface area contributed by atoms with Crippen LogP contribution in [0.15, 0.2) is 0 Å². The molecular formula is C20H36N2O5. The summed E-state index contributed by atoms with van der Waals surface area (Å²) in [5, 5.41) is 21.3. The zero-order chi connectivity index (χ0) is 20.6. The van der Waals surface area contributed by atoms with Gasteiger partial charge in [-0.05, 0) is 31.6 Å². The minimum atomic E-state index is -0.771. The molecule has 1 heterocycles. The molecule has 0 saturated carbocycles. The van der Waals surface area contributed by atoms with Gasteiger partial charge in [0.2, 0.25) is 11.8 Å². The Labute approximate surface area is 162 Å². The lowest BCUT2D eigenvalue weighted by Gasteiger charge is -2.35. The van der Waals surface area contributed by atoms with E-state index in [1.807, 2.05) is 27.7 Å². The molecule has 0 radical (unpaired) electrons. The van der Waals surface area contributed by atoms with Crippen molar-refractivity contribution in [3.63, 3.8) is 0 Å². The highest BCUT2D eigenvalue weighted by Crippen LogP contribution is 2.26. The van der Waals surface area contributed by atoms with Crippen molar-refractivity contribution in [1.29, 1.82) is 0 Å². The number of hydrogen-bond acceptors (Lipinski definition) is 4. The highest BCUT2D eigenvalue weighted by Gasteiger charge is 2.40. The third-order valence-electron chi connectivity index (χ3n) is 5.05. The first kappa shape index (κ1) is 23.4. The van der Waals surface area contributed by atoms with E-state index in [2.05, 4.69) is 5.32 Å². The summed E-state index contributed by atoms with van der Waals surface area (Å²) in [6.07, 6.45) is 4.65. The molecule has 0 spiro atoms. The number of carbonyl (C=O) groups excluding carboxylic acids is 2. The number of likely N-dealkylation sites (tertiary alicyclic amines) is 1. The smallest absolute Gasteiger partial charge is 0.303 e. The van der Waals surface area contributed by atoms with Crippen molar-refractivity contribution in [3.8, 4) is 0 Å². The van der Waals surface area contributed by atoms with Crippen LogP contribution in [0.3, 0.4) is 0 Å². The lowest BCUT2D eigenvalue weighted by atomic mass is 9.85. The summed E-state index contributed by atoms with van der Waals surface area (Å²) in [6, 6.07) is -0.645. The molecule has 0 aliphatic carbocycles. The van der Waals surface area contributed by atoms with Crippen LogP contribution in [0.2, 0.25) is 0 Å². The number of rotatable bonds is 10. The Hall–Kier alpha value is -1.63. The van der Waals surface area contributed by atoms with Crippen LogP contribution in [0.5, 0.6) is 0 Å². The van der Waals surface area contributed by atoms with Gasteiger partial charge in [0, 0.05) is 25.4 Å². The summed E-state index contributed by atoms with van der Waals surface area (Å²) in [6.45, 7) is 8.01. The zero-order valence-corrected chi connectivity index (χ0v) is 17.2. The number of hydrogen-bond donors (Lipinski definition) is 3. The third kappa shape index (κ3) is 8.28. The number of carboxylic acids is 1. The van der Waals surface area contributed by atoms with E-state index in [0.29, 0.717) is 25.8 Å². The Kier molecular flexibility index (Phi) is 9.22. The first-order chi connectivity index (χ1) is 12.5. The molecule has 0 aromatic heterocycles. The molecule has 7 nitrogen and oxygen atoms in total. The molecule has 1 fully saturated rings. The van der Waals surface area contributed by atoms with Gasteiger partial charge in [0.15, 0.2) is 0 Å². The molecule has 0 unspecified atom stereocenters. The van der Waals surface area contributed by atoms with Gasteiger partial charge in [-0.15, -0.1) is 0 Å². The van der Waals surface area contributed by atoms with E-state index in [9.17, 15) is 19.5 Å². The van der Waals surface area contributed by atoms with Crippen LogP contribution in [-0.4, -0.2) is 57.6 Å². The number of unbranched alkanes of at least 4 members (excludes halogenated alkanes) is 4. The van der Waals surface area contributed by atoms with E-state index >= 15 is 0 Å². The number of nitrogens with one attached hydrogen (secondary N) is 1. The maximum Gasteiger partial charge on any atom is 0.303 e. The van der Waals surface area contributed by atoms with Crippen molar-refractivity contribution in [3.05, 3.63) is 0 Å². The number of carbonyl (C=O) groups is 3. The van der Waals surface area contributed by atoms with Crippen LogP contribution in [0.1, 0.15) is 79.1 Å². The fraction of sp³-hybridized carbons (Fsp3) is 0.850. The molecule has 3 N–H and O–H groups in total. The molecule has 27 heavy (non-hydrogen) atoms. The maximum atomic E-state index is 12.9. The van der Waals surface area contributed by atoms with Gasteiger partial charge in [0.05, 0.1) is 6.10 Å². The predicted octanol–water partition coefficient (Wildman–Crippen LogP) is 2.31. The number of nitrogens with zero attached hydrogens (tertiary/aromatic N) is 1. The van der Waals surface area contributed by atoms with E-state index in [4.69, 9.17) is 5.11 Å². The summed E-state index contributed by atoms with van der Waals surface area (Å²) < 4.78 is 0. The van der Waals surface area contributed by atoms with Crippen LogP contribution in [0, 0.1) is 5.41 Å². The molecule has 2 amide bonds. The summed E-state index contributed by atoms with van der Waals surface area (Å²) in [7, 11) is 0. The lowest BCUT2D eigenvalue weighted by molar-refractivity contribution is -0.140. The van der Waals surface area contributed by atoms with Crippen molar-refractivity contribution in [2.24, 2.45) is 5.41 Å². The summed E-state index contributed by atoms with van der Waals surface area (Å²) in [4.78, 5) is 37.4. The SMILES string of the molecule is C[C@@H]1C[C@@H](O)CN1C(=O)[C@@H](NC(=O)CCCCCCCC(=O)O)C(C)(C)C. The quantitative estimate of drug-likeness (QED) is 0.501. The second-order valence-corrected chi connectivity index (χ2v) is 8.76. The highest BCUT2D eigenvalue weighted by atomic mass is 16.4. The first-order valence-corrected chi connectivity index (χ1v) is 10.0. The minimum Gasteiger partial charge on any atom is -0.481 e. The number of aliphatic carboxylic acids is 1. The van der Waals surface area contributed by atoms with Gasteiger partial charge in [0.1, 0.15) is 6.04 Å². The van der Waals surface area contributed by atoms with Crippen molar-refractivity contribution < 1.29 is 24.6 Å². The Morgan fingerprint density at radius 3 is 2.11 bits per heavy atom. The van der Waals surface area contributed by atoms with E-state index in [1.165, 1.54) is 0 Å². The first-order valence-electron chi connectivity index (χ1n) is 10.0. The van der Waals surface area contributed by atoms with Gasteiger partial charge in [0.25, 0.3) is 0 Å². The van der Waals surface area contributed by atoms with Crippen molar-refractivity contribution in [2.75, 3.05) is 6.54 Å². The molecule has 1 rings (SSSR count). The number of aliphatic hydroxyl groups excluding tert-OH is 1. The Morgan fingerprint density at radius 1 is 1.07 bits per heavy atom. The highest BCUT2D eigenvalue weighted by molar-refractivity contribution is 5.88. The van der Waals surface area contributed by atoms with E-state index in [1.54, 1.807) is 4.90 Å². The minimum absolute atomic E-state index is 0.0277. The molecule has 0 bridgehead atoms. The number of aliphatic hydroxyl groups is 1. The topological polar surface area (TPSA) is 107 Å². The average molecular weight is 385 g/mol. The maximum absolute atomic E-state index is 12.9. The van der Waals surface area contributed by atoms with Gasteiger partial charge >= 0.3 is 5.97 Å². The number of amides is 2. The van der Waals surface area contributed by atoms with E-state index < -0.39 is 23.5 Å². The Bertz CT molecular complexity index is 515. The summed E-state index contributed by atoms with van der Waals surface area (Å²) >= 11 is 0. The van der Waals surface area contributed by atoms with Crippen LogP contribution in [0.25, 0.3) is 0 Å². The predicted molar refractivity (Wildman–Crippen MR) is 103 cm³/mol. The largest absolute Gasteiger partial charge is 0.481 e. The Balaban J connectivity index is 2.44. The zero-order valence-electron chi connectivity index (χ0n) is 17.2. The van der Waals surface area contributed by atoms with Crippen molar-refractivity contribution in [1.82, 2.24) is 10.2 Å². The van der Waals surface area contributed by atoms with Gasteiger partial charge < -0.3 is 20.4 Å².